The number of nitrogens with zero attached hydrogens (tertiary/aromatic N) is 3. The first kappa shape index (κ1) is 26.4. The van der Waals surface area contributed by atoms with Gasteiger partial charge in [-0.1, -0.05) is 12.0 Å². The van der Waals surface area contributed by atoms with Crippen molar-refractivity contribution < 1.29 is 23.7 Å². The van der Waals surface area contributed by atoms with Crippen molar-refractivity contribution >= 4 is 22.6 Å². The van der Waals surface area contributed by atoms with Gasteiger partial charge in [0.2, 0.25) is 5.75 Å². The monoisotopic (exact) mass is 493 g/mol. The molecule has 0 bridgehead atoms. The van der Waals surface area contributed by atoms with E-state index < -0.39 is 11.4 Å². The van der Waals surface area contributed by atoms with Gasteiger partial charge in [0.25, 0.3) is 5.56 Å². The van der Waals surface area contributed by atoms with Gasteiger partial charge in [-0.05, 0) is 38.5 Å². The number of fused-ring (bicyclic) bond motifs is 1. The van der Waals surface area contributed by atoms with E-state index in [4.69, 9.17) is 25.4 Å². The molecule has 9 nitrogen and oxygen atoms in total. The van der Waals surface area contributed by atoms with E-state index in [0.29, 0.717) is 41.2 Å². The first-order valence-electron chi connectivity index (χ1n) is 11.3. The largest absolute Gasteiger partial charge is 0.493 e. The molecular formula is C27H31N3O6. The van der Waals surface area contributed by atoms with Crippen LogP contribution < -0.4 is 24.7 Å². The normalized spacial score (nSPS) is 11.0. The molecule has 3 rings (SSSR count). The van der Waals surface area contributed by atoms with Gasteiger partial charge in [0, 0.05) is 24.4 Å². The third-order valence-electron chi connectivity index (χ3n) is 5.51. The van der Waals surface area contributed by atoms with Gasteiger partial charge in [-0.3, -0.25) is 14.2 Å². The maximum atomic E-state index is 13.1. The summed E-state index contributed by atoms with van der Waals surface area (Å²) in [5, 5.41) is 0.410. The molecule has 0 fully saturated rings. The standard InChI is InChI=1S/C27H31N3O6/c1-8-11-29(19-13-22(33-5)24(35-7)23(14-19)34-6)15-18-9-10-21-20(12-18)25(31)30(16-28-21)17-36-26(32)27(2,3)4/h1,9-10,12-14,16H,11,15,17H2,2-7H3. The lowest BCUT2D eigenvalue weighted by atomic mass is 9.98. The van der Waals surface area contributed by atoms with Crippen molar-refractivity contribution in [3.8, 4) is 29.6 Å². The Bertz CT molecular complexity index is 1330. The average Bonchev–Trinajstić information content (AvgIpc) is 2.86. The van der Waals surface area contributed by atoms with Crippen LogP contribution in [0.15, 0.2) is 41.5 Å². The molecule has 0 unspecified atom stereocenters. The van der Waals surface area contributed by atoms with E-state index in [0.717, 1.165) is 11.3 Å². The molecule has 0 atom stereocenters. The molecule has 3 aromatic rings. The van der Waals surface area contributed by atoms with Crippen LogP contribution in [0.4, 0.5) is 5.69 Å². The maximum absolute atomic E-state index is 13.1. The molecule has 0 amide bonds. The van der Waals surface area contributed by atoms with Gasteiger partial charge in [0.1, 0.15) is 6.33 Å². The number of hydrogen-bond donors (Lipinski definition) is 0. The molecular weight excluding hydrogens is 462 g/mol. The predicted molar refractivity (Wildman–Crippen MR) is 138 cm³/mol. The zero-order valence-electron chi connectivity index (χ0n) is 21.5. The Labute approximate surface area is 210 Å². The van der Waals surface area contributed by atoms with Crippen molar-refractivity contribution in [2.45, 2.75) is 34.0 Å². The Balaban J connectivity index is 1.95. The smallest absolute Gasteiger partial charge is 0.312 e. The van der Waals surface area contributed by atoms with Crippen LogP contribution >= 0.6 is 0 Å². The molecule has 0 spiro atoms. The van der Waals surface area contributed by atoms with E-state index in [9.17, 15) is 9.59 Å². The summed E-state index contributed by atoms with van der Waals surface area (Å²) in [5.41, 5.74) is 1.17. The van der Waals surface area contributed by atoms with Gasteiger partial charge < -0.3 is 23.8 Å². The number of methoxy groups -OCH3 is 3. The van der Waals surface area contributed by atoms with Crippen LogP contribution in [0.1, 0.15) is 26.3 Å². The third-order valence-corrected chi connectivity index (χ3v) is 5.51. The van der Waals surface area contributed by atoms with Crippen molar-refractivity contribution in [1.29, 1.82) is 0 Å². The van der Waals surface area contributed by atoms with Crippen LogP contribution in [0.25, 0.3) is 10.9 Å². The zero-order valence-corrected chi connectivity index (χ0v) is 21.5. The highest BCUT2D eigenvalue weighted by Crippen LogP contribution is 2.41. The molecule has 1 aromatic heterocycles. The summed E-state index contributed by atoms with van der Waals surface area (Å²) in [6.07, 6.45) is 7.03. The van der Waals surface area contributed by atoms with Crippen LogP contribution in [0, 0.1) is 17.8 Å². The number of terminal acetylenes is 1. The van der Waals surface area contributed by atoms with Crippen LogP contribution in [0.2, 0.25) is 0 Å². The second-order valence-corrected chi connectivity index (χ2v) is 9.13. The number of ether oxygens (including phenoxy) is 4. The lowest BCUT2D eigenvalue weighted by Crippen LogP contribution is -2.28. The van der Waals surface area contributed by atoms with Gasteiger partial charge in [0.05, 0.1) is 44.2 Å². The SMILES string of the molecule is C#CCN(Cc1ccc2ncn(COC(=O)C(C)(C)C)c(=O)c2c1)c1cc(OC)c(OC)c(OC)c1. The van der Waals surface area contributed by atoms with E-state index >= 15 is 0 Å². The fourth-order valence-electron chi connectivity index (χ4n) is 3.56. The summed E-state index contributed by atoms with van der Waals surface area (Å²) in [6, 6.07) is 9.07. The number of carbonyl (C=O) groups excluding carboxylic acids is 1. The number of carbonyl (C=O) groups is 1. The first-order chi connectivity index (χ1) is 17.1. The van der Waals surface area contributed by atoms with Crippen LogP contribution in [0.5, 0.6) is 17.2 Å². The van der Waals surface area contributed by atoms with Gasteiger partial charge in [0.15, 0.2) is 18.2 Å². The Kier molecular flexibility index (Phi) is 8.10. The van der Waals surface area contributed by atoms with E-state index in [1.807, 2.05) is 23.1 Å². The molecule has 0 saturated carbocycles. The van der Waals surface area contributed by atoms with Gasteiger partial charge in [-0.2, -0.15) is 0 Å². The minimum Gasteiger partial charge on any atom is -0.493 e. The fraction of sp³-hybridized carbons (Fsp3) is 0.370. The maximum Gasteiger partial charge on any atom is 0.312 e. The second-order valence-electron chi connectivity index (χ2n) is 9.13. The van der Waals surface area contributed by atoms with Gasteiger partial charge >= 0.3 is 5.97 Å². The quantitative estimate of drug-likeness (QED) is 0.330. The molecule has 1 heterocycles. The summed E-state index contributed by atoms with van der Waals surface area (Å²) in [5.74, 6) is 3.76. The first-order valence-corrected chi connectivity index (χ1v) is 11.3. The minimum absolute atomic E-state index is 0.212. The van der Waals surface area contributed by atoms with Crippen molar-refractivity contribution in [3.05, 3.63) is 52.6 Å². The average molecular weight is 494 g/mol. The highest BCUT2D eigenvalue weighted by molar-refractivity contribution is 5.78. The summed E-state index contributed by atoms with van der Waals surface area (Å²) < 4.78 is 22.9. The number of rotatable bonds is 9. The molecule has 0 aliphatic rings. The highest BCUT2D eigenvalue weighted by Gasteiger charge is 2.23. The summed E-state index contributed by atoms with van der Waals surface area (Å²) in [4.78, 5) is 31.5. The summed E-state index contributed by atoms with van der Waals surface area (Å²) in [7, 11) is 4.64. The number of hydrogen-bond acceptors (Lipinski definition) is 8. The molecule has 9 heteroatoms. The topological polar surface area (TPSA) is 92.1 Å². The van der Waals surface area contributed by atoms with Crippen molar-refractivity contribution in [2.75, 3.05) is 32.8 Å². The zero-order chi connectivity index (χ0) is 26.5. The predicted octanol–water partition coefficient (Wildman–Crippen LogP) is 3.61. The molecule has 36 heavy (non-hydrogen) atoms. The third kappa shape index (κ3) is 5.71. The molecule has 190 valence electrons. The van der Waals surface area contributed by atoms with E-state index in [-0.39, 0.29) is 12.3 Å². The minimum atomic E-state index is -0.672. The second kappa shape index (κ2) is 11.0. The molecule has 0 radical (unpaired) electrons. The number of benzene rings is 2. The van der Waals surface area contributed by atoms with Crippen molar-refractivity contribution in [1.82, 2.24) is 9.55 Å². The van der Waals surface area contributed by atoms with E-state index in [1.165, 1.54) is 10.9 Å². The molecule has 0 N–H and O–H groups in total. The molecule has 0 aliphatic carbocycles. The molecule has 2 aromatic carbocycles. The number of aromatic nitrogens is 2. The van der Waals surface area contributed by atoms with Crippen molar-refractivity contribution in [3.63, 3.8) is 0 Å². The van der Waals surface area contributed by atoms with Crippen LogP contribution in [0.3, 0.4) is 0 Å². The van der Waals surface area contributed by atoms with Crippen LogP contribution in [-0.4, -0.2) is 43.4 Å². The summed E-state index contributed by atoms with van der Waals surface area (Å²) in [6.45, 7) is 5.75. The van der Waals surface area contributed by atoms with E-state index in [2.05, 4.69) is 10.9 Å². The Morgan fingerprint density at radius 3 is 2.31 bits per heavy atom. The van der Waals surface area contributed by atoms with Crippen LogP contribution in [-0.2, 0) is 22.8 Å². The Morgan fingerprint density at radius 1 is 1.08 bits per heavy atom. The summed E-state index contributed by atoms with van der Waals surface area (Å²) >= 11 is 0. The number of esters is 1. The molecule has 0 saturated heterocycles. The highest BCUT2D eigenvalue weighted by atomic mass is 16.5. The van der Waals surface area contributed by atoms with E-state index in [1.54, 1.807) is 54.2 Å². The lowest BCUT2D eigenvalue weighted by molar-refractivity contribution is -0.157. The molecule has 0 aliphatic heterocycles. The van der Waals surface area contributed by atoms with Gasteiger partial charge in [-0.25, -0.2) is 4.98 Å². The Hall–Kier alpha value is -4.19. The van der Waals surface area contributed by atoms with Crippen molar-refractivity contribution in [2.24, 2.45) is 5.41 Å². The lowest BCUT2D eigenvalue weighted by Gasteiger charge is -2.25. The fourth-order valence-corrected chi connectivity index (χ4v) is 3.56. The van der Waals surface area contributed by atoms with Gasteiger partial charge in [-0.15, -0.1) is 6.42 Å². The number of anilines is 1. The Morgan fingerprint density at radius 2 is 1.75 bits per heavy atom.